The number of piperidine rings is 1. The molecular weight excluding hydrogens is 433 g/mol. The lowest BCUT2D eigenvalue weighted by Crippen LogP contribution is -2.45. The van der Waals surface area contributed by atoms with E-state index >= 15 is 0 Å². The SMILES string of the molecule is CCc1cccc(F)c1COc1ccc2c(c1)OCC21CCN(CC(C)C(=O)O)CC1.Cl. The summed E-state index contributed by atoms with van der Waals surface area (Å²) in [5.74, 6) is 0.176. The second kappa shape index (κ2) is 10.1. The Morgan fingerprint density at radius 1 is 1.28 bits per heavy atom. The summed E-state index contributed by atoms with van der Waals surface area (Å²) >= 11 is 0. The minimum absolute atomic E-state index is 0. The molecule has 174 valence electrons. The first-order chi connectivity index (χ1) is 14.9. The average Bonchev–Trinajstić information content (AvgIpc) is 3.11. The molecule has 0 radical (unpaired) electrons. The second-order valence-electron chi connectivity index (χ2n) is 8.79. The number of benzene rings is 2. The molecule has 7 heteroatoms. The minimum Gasteiger partial charge on any atom is -0.492 e. The van der Waals surface area contributed by atoms with E-state index in [2.05, 4.69) is 11.0 Å². The van der Waals surface area contributed by atoms with Crippen molar-refractivity contribution < 1.29 is 23.8 Å². The molecule has 1 fully saturated rings. The van der Waals surface area contributed by atoms with Gasteiger partial charge in [-0.05, 0) is 50.0 Å². The van der Waals surface area contributed by atoms with Crippen molar-refractivity contribution in [3.8, 4) is 11.5 Å². The Bertz CT molecular complexity index is 959. The van der Waals surface area contributed by atoms with E-state index in [1.54, 1.807) is 13.0 Å². The van der Waals surface area contributed by atoms with Crippen molar-refractivity contribution in [1.82, 2.24) is 4.90 Å². The van der Waals surface area contributed by atoms with Crippen LogP contribution in [-0.4, -0.2) is 42.2 Å². The van der Waals surface area contributed by atoms with Crippen molar-refractivity contribution >= 4 is 18.4 Å². The largest absolute Gasteiger partial charge is 0.492 e. The molecule has 4 rings (SSSR count). The molecule has 0 aliphatic carbocycles. The van der Waals surface area contributed by atoms with Crippen molar-refractivity contribution in [1.29, 1.82) is 0 Å². The summed E-state index contributed by atoms with van der Waals surface area (Å²) in [6, 6.07) is 11.1. The minimum atomic E-state index is -0.746. The van der Waals surface area contributed by atoms with Gasteiger partial charge in [-0.3, -0.25) is 4.79 Å². The number of fused-ring (bicyclic) bond motifs is 2. The van der Waals surface area contributed by atoms with E-state index in [0.717, 1.165) is 43.7 Å². The zero-order valence-electron chi connectivity index (χ0n) is 18.6. The van der Waals surface area contributed by atoms with Crippen LogP contribution in [0.2, 0.25) is 0 Å². The maximum absolute atomic E-state index is 14.2. The number of rotatable bonds is 7. The third-order valence-electron chi connectivity index (χ3n) is 6.78. The molecule has 2 heterocycles. The van der Waals surface area contributed by atoms with Crippen LogP contribution in [0.15, 0.2) is 36.4 Å². The normalized spacial score (nSPS) is 17.8. The second-order valence-corrected chi connectivity index (χ2v) is 8.79. The van der Waals surface area contributed by atoms with Crippen LogP contribution in [0.25, 0.3) is 0 Å². The lowest BCUT2D eigenvalue weighted by atomic mass is 9.74. The van der Waals surface area contributed by atoms with Gasteiger partial charge in [-0.1, -0.05) is 32.0 Å². The number of likely N-dealkylation sites (tertiary alicyclic amines) is 1. The fourth-order valence-corrected chi connectivity index (χ4v) is 4.74. The Morgan fingerprint density at radius 3 is 2.72 bits per heavy atom. The zero-order chi connectivity index (χ0) is 22.0. The number of nitrogens with zero attached hydrogens (tertiary/aromatic N) is 1. The van der Waals surface area contributed by atoms with Gasteiger partial charge >= 0.3 is 5.97 Å². The number of carbonyl (C=O) groups is 1. The molecule has 1 unspecified atom stereocenters. The lowest BCUT2D eigenvalue weighted by molar-refractivity contribution is -0.141. The molecule has 5 nitrogen and oxygen atoms in total. The van der Waals surface area contributed by atoms with E-state index in [1.807, 2.05) is 25.1 Å². The Kier molecular flexibility index (Phi) is 7.67. The van der Waals surface area contributed by atoms with Gasteiger partial charge in [0.25, 0.3) is 0 Å². The molecular formula is C25H31ClFNO4. The van der Waals surface area contributed by atoms with Gasteiger partial charge in [0.1, 0.15) is 23.9 Å². The van der Waals surface area contributed by atoms with Crippen LogP contribution in [-0.2, 0) is 23.2 Å². The molecule has 2 aliphatic heterocycles. The molecule has 1 N–H and O–H groups in total. The highest BCUT2D eigenvalue weighted by Gasteiger charge is 2.43. The summed E-state index contributed by atoms with van der Waals surface area (Å²) in [4.78, 5) is 13.4. The maximum atomic E-state index is 14.2. The van der Waals surface area contributed by atoms with Gasteiger partial charge in [0, 0.05) is 29.2 Å². The Hall–Kier alpha value is -2.31. The average molecular weight is 464 g/mol. The summed E-state index contributed by atoms with van der Waals surface area (Å²) in [7, 11) is 0. The highest BCUT2D eigenvalue weighted by molar-refractivity contribution is 5.85. The van der Waals surface area contributed by atoms with Crippen LogP contribution in [0, 0.1) is 11.7 Å². The van der Waals surface area contributed by atoms with Crippen LogP contribution in [0.4, 0.5) is 4.39 Å². The van der Waals surface area contributed by atoms with Crippen molar-refractivity contribution in [3.63, 3.8) is 0 Å². The first-order valence-corrected chi connectivity index (χ1v) is 11.0. The Labute approximate surface area is 194 Å². The first kappa shape index (κ1) is 24.3. The van der Waals surface area contributed by atoms with Crippen LogP contribution in [0.1, 0.15) is 43.4 Å². The molecule has 0 aromatic heterocycles. The molecule has 2 aromatic rings. The standard InChI is InChI=1S/C25H30FNO4.ClH/c1-3-18-5-4-6-22(26)20(18)15-30-19-7-8-21-23(13-19)31-16-25(21)9-11-27(12-10-25)14-17(2)24(28)29;/h4-8,13,17H,3,9-12,14-16H2,1-2H3,(H,28,29);1H. The van der Waals surface area contributed by atoms with Gasteiger partial charge in [-0.2, -0.15) is 0 Å². The smallest absolute Gasteiger partial charge is 0.307 e. The van der Waals surface area contributed by atoms with E-state index in [-0.39, 0.29) is 36.2 Å². The maximum Gasteiger partial charge on any atom is 0.307 e. The molecule has 2 aliphatic rings. The number of aryl methyl sites for hydroxylation is 1. The fraction of sp³-hybridized carbons (Fsp3) is 0.480. The number of hydrogen-bond acceptors (Lipinski definition) is 4. The first-order valence-electron chi connectivity index (χ1n) is 11.0. The number of halogens is 2. The molecule has 0 bridgehead atoms. The van der Waals surface area contributed by atoms with Crippen molar-refractivity contribution in [2.75, 3.05) is 26.2 Å². The monoisotopic (exact) mass is 463 g/mol. The highest BCUT2D eigenvalue weighted by Crippen LogP contribution is 2.46. The van der Waals surface area contributed by atoms with Gasteiger partial charge in [-0.25, -0.2) is 4.39 Å². The molecule has 0 amide bonds. The quantitative estimate of drug-likeness (QED) is 0.637. The molecule has 1 saturated heterocycles. The summed E-state index contributed by atoms with van der Waals surface area (Å²) in [5.41, 5.74) is 2.75. The number of carboxylic acid groups (broad SMARTS) is 1. The zero-order valence-corrected chi connectivity index (χ0v) is 19.4. The van der Waals surface area contributed by atoms with E-state index in [9.17, 15) is 9.18 Å². The van der Waals surface area contributed by atoms with Crippen molar-refractivity contribution in [3.05, 3.63) is 58.9 Å². The van der Waals surface area contributed by atoms with Crippen LogP contribution in [0.5, 0.6) is 11.5 Å². The van der Waals surface area contributed by atoms with E-state index in [4.69, 9.17) is 14.6 Å². The van der Waals surface area contributed by atoms with Crippen molar-refractivity contribution in [2.24, 2.45) is 5.92 Å². The molecule has 1 spiro atoms. The molecule has 2 aromatic carbocycles. The van der Waals surface area contributed by atoms with Gasteiger partial charge in [0.2, 0.25) is 0 Å². The summed E-state index contributed by atoms with van der Waals surface area (Å²) in [5, 5.41) is 9.16. The Balaban J connectivity index is 0.00000289. The van der Waals surface area contributed by atoms with E-state index in [0.29, 0.717) is 24.5 Å². The predicted octanol–water partition coefficient (Wildman–Crippen LogP) is 4.84. The molecule has 32 heavy (non-hydrogen) atoms. The number of aliphatic carboxylic acids is 1. The third kappa shape index (κ3) is 4.86. The summed E-state index contributed by atoms with van der Waals surface area (Å²) < 4.78 is 26.2. The van der Waals surface area contributed by atoms with Crippen LogP contribution < -0.4 is 9.47 Å². The lowest BCUT2D eigenvalue weighted by Gasteiger charge is -2.39. The van der Waals surface area contributed by atoms with E-state index < -0.39 is 5.97 Å². The highest BCUT2D eigenvalue weighted by atomic mass is 35.5. The van der Waals surface area contributed by atoms with E-state index in [1.165, 1.54) is 11.6 Å². The predicted molar refractivity (Wildman–Crippen MR) is 123 cm³/mol. The van der Waals surface area contributed by atoms with Gasteiger partial charge in [0.05, 0.1) is 12.5 Å². The number of carboxylic acids is 1. The van der Waals surface area contributed by atoms with Gasteiger partial charge in [-0.15, -0.1) is 12.4 Å². The van der Waals surface area contributed by atoms with Crippen molar-refractivity contribution in [2.45, 2.75) is 45.1 Å². The number of ether oxygens (including phenoxy) is 2. The van der Waals surface area contributed by atoms with Gasteiger partial charge < -0.3 is 19.5 Å². The summed E-state index contributed by atoms with van der Waals surface area (Å²) in [6.07, 6.45) is 2.65. The third-order valence-corrected chi connectivity index (χ3v) is 6.78. The summed E-state index contributed by atoms with van der Waals surface area (Å²) in [6.45, 7) is 6.92. The molecule has 1 atom stereocenters. The van der Waals surface area contributed by atoms with Gasteiger partial charge in [0.15, 0.2) is 0 Å². The van der Waals surface area contributed by atoms with Crippen LogP contribution in [0.3, 0.4) is 0 Å². The molecule has 0 saturated carbocycles. The fourth-order valence-electron chi connectivity index (χ4n) is 4.74. The topological polar surface area (TPSA) is 59.0 Å². The Morgan fingerprint density at radius 2 is 2.03 bits per heavy atom. The number of hydrogen-bond donors (Lipinski definition) is 1. The van der Waals surface area contributed by atoms with Crippen LogP contribution >= 0.6 is 12.4 Å².